The van der Waals surface area contributed by atoms with Crippen LogP contribution in [0, 0.1) is 0 Å². The van der Waals surface area contributed by atoms with E-state index in [-0.39, 0.29) is 5.54 Å². The van der Waals surface area contributed by atoms with Crippen molar-refractivity contribution in [3.8, 4) is 0 Å². The highest BCUT2D eigenvalue weighted by molar-refractivity contribution is 14.1. The summed E-state index contributed by atoms with van der Waals surface area (Å²) in [6.07, 6.45) is -1.52. The molecule has 1 heterocycles. The normalized spacial score (nSPS) is 39.0. The maximum Gasteiger partial charge on any atom is 0.144 e. The van der Waals surface area contributed by atoms with Crippen LogP contribution in [-0.4, -0.2) is 31.6 Å². The fourth-order valence-electron chi connectivity index (χ4n) is 2.05. The Morgan fingerprint density at radius 3 is 2.31 bits per heavy atom. The summed E-state index contributed by atoms with van der Waals surface area (Å²) >= 11 is 2.15. The molecule has 0 aromatic heterocycles. The Morgan fingerprint density at radius 2 is 1.85 bits per heavy atom. The Kier molecular flexibility index (Phi) is 2.97. The van der Waals surface area contributed by atoms with Crippen LogP contribution in [0.4, 0.5) is 4.39 Å². The van der Waals surface area contributed by atoms with E-state index in [1.165, 1.54) is 0 Å². The molecule has 0 spiro atoms. The molecule has 0 bridgehead atoms. The molecule has 13 heavy (non-hydrogen) atoms. The summed E-state index contributed by atoms with van der Waals surface area (Å²) in [4.78, 5) is 0. The minimum atomic E-state index is -1.17. The lowest BCUT2D eigenvalue weighted by Crippen LogP contribution is -2.63. The second kappa shape index (κ2) is 3.31. The summed E-state index contributed by atoms with van der Waals surface area (Å²) in [5.41, 5.74) is -0.742. The summed E-state index contributed by atoms with van der Waals surface area (Å²) in [7, 11) is 0. The van der Waals surface area contributed by atoms with Gasteiger partial charge in [-0.2, -0.15) is 0 Å². The van der Waals surface area contributed by atoms with Crippen molar-refractivity contribution in [3.63, 3.8) is 0 Å². The molecule has 1 N–H and O–H groups in total. The monoisotopic (exact) mass is 301 g/mol. The Morgan fingerprint density at radius 1 is 1.38 bits per heavy atom. The first-order valence-corrected chi connectivity index (χ1v) is 5.44. The summed E-state index contributed by atoms with van der Waals surface area (Å²) in [6.45, 7) is 7.70. The smallest absolute Gasteiger partial charge is 0.144 e. The lowest BCUT2D eigenvalue weighted by molar-refractivity contribution is -0.0780. The Labute approximate surface area is 93.0 Å². The Bertz CT molecular complexity index is 208. The highest BCUT2D eigenvalue weighted by atomic mass is 127. The van der Waals surface area contributed by atoms with Gasteiger partial charge >= 0.3 is 0 Å². The van der Waals surface area contributed by atoms with Gasteiger partial charge in [0.25, 0.3) is 0 Å². The van der Waals surface area contributed by atoms with Gasteiger partial charge in [-0.05, 0) is 34.1 Å². The van der Waals surface area contributed by atoms with E-state index in [2.05, 4.69) is 22.9 Å². The number of aliphatic hydroxyl groups is 1. The van der Waals surface area contributed by atoms with Gasteiger partial charge in [-0.1, -0.05) is 0 Å². The third-order valence-corrected chi connectivity index (χ3v) is 5.31. The molecule has 2 atom stereocenters. The highest BCUT2D eigenvalue weighted by Crippen LogP contribution is 2.42. The van der Waals surface area contributed by atoms with Crippen molar-refractivity contribution in [2.45, 2.75) is 57.5 Å². The van der Waals surface area contributed by atoms with Gasteiger partial charge in [-0.25, -0.2) is 7.50 Å². The van der Waals surface area contributed by atoms with Crippen LogP contribution in [0.3, 0.4) is 0 Å². The first-order chi connectivity index (χ1) is 5.69. The van der Waals surface area contributed by atoms with Crippen molar-refractivity contribution in [1.29, 1.82) is 0 Å². The van der Waals surface area contributed by atoms with E-state index in [0.717, 1.165) is 0 Å². The standard InChI is InChI=1S/C9H17FINO/c1-8(2)5-6(13)7(10)9(3,4)12(8)11/h6-7,13H,5H2,1-4H3/t6-,7-/m0/s1. The molecule has 1 fully saturated rings. The lowest BCUT2D eigenvalue weighted by Gasteiger charge is -2.52. The zero-order valence-corrected chi connectivity index (χ0v) is 10.7. The van der Waals surface area contributed by atoms with E-state index in [9.17, 15) is 9.50 Å². The lowest BCUT2D eigenvalue weighted by atomic mass is 9.79. The molecule has 0 aliphatic carbocycles. The first-order valence-electron chi connectivity index (χ1n) is 4.48. The van der Waals surface area contributed by atoms with Gasteiger partial charge < -0.3 is 5.11 Å². The van der Waals surface area contributed by atoms with Gasteiger partial charge in [-0.15, -0.1) is 0 Å². The van der Waals surface area contributed by atoms with E-state index in [4.69, 9.17) is 0 Å². The van der Waals surface area contributed by atoms with Gasteiger partial charge in [0.05, 0.1) is 11.6 Å². The number of rotatable bonds is 0. The predicted molar refractivity (Wildman–Crippen MR) is 59.5 cm³/mol. The molecule has 1 aliphatic rings. The maximum absolute atomic E-state index is 13.7. The molecule has 0 aromatic carbocycles. The largest absolute Gasteiger partial charge is 0.390 e. The van der Waals surface area contributed by atoms with Crippen molar-refractivity contribution < 1.29 is 9.50 Å². The van der Waals surface area contributed by atoms with Crippen LogP contribution in [0.2, 0.25) is 0 Å². The number of hydrogen-bond acceptors (Lipinski definition) is 2. The molecular weight excluding hydrogens is 284 g/mol. The number of alkyl halides is 1. The fourth-order valence-corrected chi connectivity index (χ4v) is 2.52. The molecule has 0 radical (unpaired) electrons. The van der Waals surface area contributed by atoms with Crippen molar-refractivity contribution in [2.75, 3.05) is 0 Å². The molecule has 0 amide bonds. The third-order valence-electron chi connectivity index (χ3n) is 2.76. The topological polar surface area (TPSA) is 23.5 Å². The van der Waals surface area contributed by atoms with Crippen LogP contribution in [-0.2, 0) is 0 Å². The van der Waals surface area contributed by atoms with E-state index >= 15 is 0 Å². The first kappa shape index (κ1) is 11.7. The van der Waals surface area contributed by atoms with E-state index in [1.807, 2.05) is 30.8 Å². The molecule has 1 aliphatic heterocycles. The number of aliphatic hydroxyl groups excluding tert-OH is 1. The molecule has 1 saturated heterocycles. The molecule has 1 rings (SSSR count). The van der Waals surface area contributed by atoms with Crippen LogP contribution >= 0.6 is 22.9 Å². The van der Waals surface area contributed by atoms with Crippen molar-refractivity contribution in [1.82, 2.24) is 3.11 Å². The van der Waals surface area contributed by atoms with Gasteiger partial charge in [0.15, 0.2) is 0 Å². The summed E-state index contributed by atoms with van der Waals surface area (Å²) < 4.78 is 15.6. The number of halogens is 2. The predicted octanol–water partition coefficient (Wildman–Crippen LogP) is 2.30. The van der Waals surface area contributed by atoms with Crippen LogP contribution < -0.4 is 0 Å². The molecule has 4 heteroatoms. The minimum absolute atomic E-state index is 0.147. The zero-order valence-electron chi connectivity index (χ0n) is 8.51. The Balaban J connectivity index is 2.96. The highest BCUT2D eigenvalue weighted by Gasteiger charge is 2.51. The number of piperidine rings is 1. The van der Waals surface area contributed by atoms with E-state index < -0.39 is 17.8 Å². The second-order valence-electron chi connectivity index (χ2n) is 4.92. The van der Waals surface area contributed by atoms with Gasteiger partial charge in [-0.3, -0.25) is 0 Å². The molecule has 0 unspecified atom stereocenters. The van der Waals surface area contributed by atoms with Crippen molar-refractivity contribution >= 4 is 22.9 Å². The molecule has 0 aromatic rings. The Hall–Kier alpha value is 0.580. The zero-order chi connectivity index (χ0) is 10.4. The van der Waals surface area contributed by atoms with Crippen molar-refractivity contribution in [2.24, 2.45) is 0 Å². The van der Waals surface area contributed by atoms with Crippen LogP contribution in [0.25, 0.3) is 0 Å². The SMILES string of the molecule is CC1(C)C[C@H](O)[C@H](F)C(C)(C)N1I. The van der Waals surface area contributed by atoms with Crippen LogP contribution in [0.1, 0.15) is 34.1 Å². The minimum Gasteiger partial charge on any atom is -0.390 e. The molecule has 78 valence electrons. The molecule has 2 nitrogen and oxygen atoms in total. The van der Waals surface area contributed by atoms with Crippen molar-refractivity contribution in [3.05, 3.63) is 0 Å². The average Bonchev–Trinajstić information content (AvgIpc) is 1.98. The molecular formula is C9H17FINO. The van der Waals surface area contributed by atoms with E-state index in [1.54, 1.807) is 0 Å². The van der Waals surface area contributed by atoms with E-state index in [0.29, 0.717) is 6.42 Å². The quantitative estimate of drug-likeness (QED) is 0.548. The number of nitrogens with zero attached hydrogens (tertiary/aromatic N) is 1. The fraction of sp³-hybridized carbons (Fsp3) is 1.00. The average molecular weight is 301 g/mol. The summed E-state index contributed by atoms with van der Waals surface area (Å²) in [5.74, 6) is 0. The molecule has 0 saturated carbocycles. The van der Waals surface area contributed by atoms with Gasteiger partial charge in [0.2, 0.25) is 0 Å². The van der Waals surface area contributed by atoms with Crippen LogP contribution in [0.15, 0.2) is 0 Å². The maximum atomic E-state index is 13.7. The second-order valence-corrected chi connectivity index (χ2v) is 5.89. The summed E-state index contributed by atoms with van der Waals surface area (Å²) in [5, 5.41) is 9.56. The summed E-state index contributed by atoms with van der Waals surface area (Å²) in [6, 6.07) is 0. The third kappa shape index (κ3) is 1.85. The number of hydrogen-bond donors (Lipinski definition) is 1. The van der Waals surface area contributed by atoms with Gasteiger partial charge in [0, 0.05) is 28.4 Å². The van der Waals surface area contributed by atoms with Gasteiger partial charge in [0.1, 0.15) is 6.17 Å². The van der Waals surface area contributed by atoms with Crippen LogP contribution in [0.5, 0.6) is 0 Å².